The largest absolute Gasteiger partial charge is 0.342 e. The van der Waals surface area contributed by atoms with Crippen molar-refractivity contribution < 1.29 is 0 Å². The standard InChI is InChI=1S/C19H20N4S2/c1-24-16-5-6-17-18(9-16)25-19(21-17)23-12-14-8-15(23)11-22(14)10-13-4-2-3-7-20-13/h2-7,9,14-15H,8,10-12H2,1H3. The number of hydrogen-bond acceptors (Lipinski definition) is 6. The summed E-state index contributed by atoms with van der Waals surface area (Å²) in [5.41, 5.74) is 2.30. The Hall–Kier alpha value is -1.63. The van der Waals surface area contributed by atoms with Gasteiger partial charge >= 0.3 is 0 Å². The van der Waals surface area contributed by atoms with Crippen LogP contribution in [0.4, 0.5) is 5.13 Å². The van der Waals surface area contributed by atoms with Crippen LogP contribution in [-0.2, 0) is 6.54 Å². The van der Waals surface area contributed by atoms with Gasteiger partial charge in [0.2, 0.25) is 0 Å². The van der Waals surface area contributed by atoms with Crippen LogP contribution in [0.1, 0.15) is 12.1 Å². The molecule has 0 spiro atoms. The second-order valence-corrected chi connectivity index (χ2v) is 8.67. The van der Waals surface area contributed by atoms with Crippen LogP contribution in [0.15, 0.2) is 47.5 Å². The smallest absolute Gasteiger partial charge is 0.186 e. The maximum absolute atomic E-state index is 4.90. The first kappa shape index (κ1) is 15.6. The van der Waals surface area contributed by atoms with E-state index in [0.717, 1.165) is 25.2 Å². The van der Waals surface area contributed by atoms with Gasteiger partial charge in [0.1, 0.15) is 0 Å². The van der Waals surface area contributed by atoms with Crippen LogP contribution < -0.4 is 4.90 Å². The van der Waals surface area contributed by atoms with Crippen molar-refractivity contribution in [3.05, 3.63) is 48.3 Å². The van der Waals surface area contributed by atoms with E-state index in [9.17, 15) is 0 Å². The number of benzene rings is 1. The van der Waals surface area contributed by atoms with Crippen molar-refractivity contribution in [1.29, 1.82) is 0 Å². The minimum Gasteiger partial charge on any atom is -0.342 e. The fourth-order valence-corrected chi connectivity index (χ4v) is 5.62. The Morgan fingerprint density at radius 3 is 2.92 bits per heavy atom. The highest BCUT2D eigenvalue weighted by Gasteiger charge is 2.44. The third-order valence-corrected chi connectivity index (χ3v) is 7.06. The molecule has 0 aliphatic carbocycles. The highest BCUT2D eigenvalue weighted by molar-refractivity contribution is 7.98. The molecule has 6 heteroatoms. The number of aromatic nitrogens is 2. The van der Waals surface area contributed by atoms with Gasteiger partial charge in [-0.15, -0.1) is 11.8 Å². The zero-order chi connectivity index (χ0) is 16.8. The molecular formula is C19H20N4S2. The van der Waals surface area contributed by atoms with E-state index >= 15 is 0 Å². The van der Waals surface area contributed by atoms with Crippen molar-refractivity contribution >= 4 is 38.4 Å². The number of likely N-dealkylation sites (tertiary alicyclic amines) is 1. The van der Waals surface area contributed by atoms with Gasteiger partial charge in [-0.05, 0) is 43.0 Å². The third-order valence-electron chi connectivity index (χ3n) is 5.28. The number of hydrogen-bond donors (Lipinski definition) is 0. The summed E-state index contributed by atoms with van der Waals surface area (Å²) in [7, 11) is 0. The molecule has 2 aliphatic rings. The number of pyridine rings is 1. The highest BCUT2D eigenvalue weighted by atomic mass is 32.2. The Bertz CT molecular complexity index is 895. The summed E-state index contributed by atoms with van der Waals surface area (Å²) in [6, 6.07) is 14.0. The predicted molar refractivity (Wildman–Crippen MR) is 106 cm³/mol. The summed E-state index contributed by atoms with van der Waals surface area (Å²) >= 11 is 3.63. The quantitative estimate of drug-likeness (QED) is 0.653. The first-order chi connectivity index (χ1) is 12.3. The average molecular weight is 369 g/mol. The molecule has 4 nitrogen and oxygen atoms in total. The molecule has 2 aliphatic heterocycles. The van der Waals surface area contributed by atoms with Crippen molar-refractivity contribution in [3.63, 3.8) is 0 Å². The molecule has 2 aromatic heterocycles. The Labute approximate surface area is 155 Å². The van der Waals surface area contributed by atoms with Crippen molar-refractivity contribution in [2.24, 2.45) is 0 Å². The summed E-state index contributed by atoms with van der Waals surface area (Å²) in [6.45, 7) is 3.17. The fourth-order valence-electron chi connectivity index (χ4n) is 4.02. The summed E-state index contributed by atoms with van der Waals surface area (Å²) in [4.78, 5) is 15.8. The molecule has 0 N–H and O–H groups in total. The van der Waals surface area contributed by atoms with E-state index in [1.807, 2.05) is 23.6 Å². The molecule has 2 bridgehead atoms. The van der Waals surface area contributed by atoms with Gasteiger partial charge in [0.25, 0.3) is 0 Å². The Morgan fingerprint density at radius 2 is 2.16 bits per heavy atom. The second-order valence-electron chi connectivity index (χ2n) is 6.78. The van der Waals surface area contributed by atoms with Crippen LogP contribution in [0.5, 0.6) is 0 Å². The van der Waals surface area contributed by atoms with Crippen LogP contribution in [0.3, 0.4) is 0 Å². The van der Waals surface area contributed by atoms with E-state index in [-0.39, 0.29) is 0 Å². The Balaban J connectivity index is 1.33. The van der Waals surface area contributed by atoms with Gasteiger partial charge in [-0.2, -0.15) is 0 Å². The topological polar surface area (TPSA) is 32.3 Å². The fraction of sp³-hybridized carbons (Fsp3) is 0.368. The maximum atomic E-state index is 4.90. The lowest BCUT2D eigenvalue weighted by atomic mass is 10.2. The van der Waals surface area contributed by atoms with E-state index in [2.05, 4.69) is 51.4 Å². The number of piperazine rings is 1. The van der Waals surface area contributed by atoms with E-state index < -0.39 is 0 Å². The summed E-state index contributed by atoms with van der Waals surface area (Å²) < 4.78 is 1.30. The van der Waals surface area contributed by atoms with Crippen LogP contribution >= 0.6 is 23.1 Å². The van der Waals surface area contributed by atoms with E-state index in [4.69, 9.17) is 4.98 Å². The number of thiazole rings is 1. The zero-order valence-corrected chi connectivity index (χ0v) is 15.8. The SMILES string of the molecule is CSc1ccc2nc(N3CC4CC3CN4Cc3ccccn3)sc2c1. The lowest BCUT2D eigenvalue weighted by molar-refractivity contribution is 0.228. The molecule has 0 amide bonds. The number of rotatable bonds is 4. The highest BCUT2D eigenvalue weighted by Crippen LogP contribution is 2.39. The minimum atomic E-state index is 0.592. The maximum Gasteiger partial charge on any atom is 0.186 e. The lowest BCUT2D eigenvalue weighted by Crippen LogP contribution is -2.46. The number of thioether (sulfide) groups is 1. The van der Waals surface area contributed by atoms with E-state index in [0.29, 0.717) is 12.1 Å². The molecule has 5 rings (SSSR count). The van der Waals surface area contributed by atoms with Crippen LogP contribution in [0.2, 0.25) is 0 Å². The molecule has 1 aromatic carbocycles. The molecule has 0 radical (unpaired) electrons. The van der Waals surface area contributed by atoms with Crippen LogP contribution in [-0.4, -0.2) is 46.3 Å². The van der Waals surface area contributed by atoms with Crippen molar-refractivity contribution in [3.8, 4) is 0 Å². The second kappa shape index (κ2) is 6.27. The van der Waals surface area contributed by atoms with Gasteiger partial charge in [-0.25, -0.2) is 4.98 Å². The van der Waals surface area contributed by atoms with Gasteiger partial charge < -0.3 is 4.90 Å². The van der Waals surface area contributed by atoms with Crippen molar-refractivity contribution in [2.75, 3.05) is 24.2 Å². The van der Waals surface area contributed by atoms with Gasteiger partial charge in [0.15, 0.2) is 5.13 Å². The number of fused-ring (bicyclic) bond motifs is 3. The minimum absolute atomic E-state index is 0.592. The number of nitrogens with zero attached hydrogens (tertiary/aromatic N) is 4. The van der Waals surface area contributed by atoms with Crippen molar-refractivity contribution in [1.82, 2.24) is 14.9 Å². The molecule has 25 heavy (non-hydrogen) atoms. The van der Waals surface area contributed by atoms with Gasteiger partial charge in [-0.3, -0.25) is 9.88 Å². The molecule has 2 atom stereocenters. The monoisotopic (exact) mass is 368 g/mol. The average Bonchev–Trinajstić information content (AvgIpc) is 3.35. The third kappa shape index (κ3) is 2.82. The van der Waals surface area contributed by atoms with Crippen LogP contribution in [0.25, 0.3) is 10.2 Å². The molecule has 4 heterocycles. The summed E-state index contributed by atoms with van der Waals surface area (Å²) in [5.74, 6) is 0. The first-order valence-electron chi connectivity index (χ1n) is 8.65. The molecule has 2 unspecified atom stereocenters. The molecule has 2 saturated heterocycles. The Morgan fingerprint density at radius 1 is 1.20 bits per heavy atom. The molecule has 0 saturated carbocycles. The van der Waals surface area contributed by atoms with Crippen molar-refractivity contribution in [2.45, 2.75) is 29.9 Å². The normalized spacial score (nSPS) is 23.0. The number of anilines is 1. The van der Waals surface area contributed by atoms with Gasteiger partial charge in [0.05, 0.1) is 15.9 Å². The first-order valence-corrected chi connectivity index (χ1v) is 10.7. The molecule has 128 valence electrons. The lowest BCUT2D eigenvalue weighted by Gasteiger charge is -2.33. The molecule has 2 fully saturated rings. The summed E-state index contributed by atoms with van der Waals surface area (Å²) in [6.07, 6.45) is 5.26. The van der Waals surface area contributed by atoms with Crippen LogP contribution in [0, 0.1) is 0 Å². The molecule has 3 aromatic rings. The van der Waals surface area contributed by atoms with E-state index in [1.165, 1.54) is 26.8 Å². The zero-order valence-electron chi connectivity index (χ0n) is 14.1. The Kier molecular flexibility index (Phi) is 3.91. The van der Waals surface area contributed by atoms with Gasteiger partial charge in [-0.1, -0.05) is 17.4 Å². The summed E-state index contributed by atoms with van der Waals surface area (Å²) in [5, 5.41) is 1.19. The molecular weight excluding hydrogens is 348 g/mol. The van der Waals surface area contributed by atoms with Gasteiger partial charge in [0, 0.05) is 42.8 Å². The predicted octanol–water partition coefficient (Wildman–Crippen LogP) is 3.88. The van der Waals surface area contributed by atoms with E-state index in [1.54, 1.807) is 11.8 Å².